The Hall–Kier alpha value is -1.65. The molecule has 4 unspecified atom stereocenters. The molecular weight excluding hydrogens is 562 g/mol. The minimum Gasteiger partial charge on any atom is -0.460 e. The largest absolute Gasteiger partial charge is 0.509 e. The molecule has 4 aliphatic carbocycles. The number of hydrogen-bond acceptors (Lipinski definition) is 11. The fraction of sp³-hybridized carbons (Fsp3) is 0.920. The number of alkyl halides is 2. The average Bonchev–Trinajstić information content (AvgIpc) is 3.34. The Balaban J connectivity index is 1.28. The molecule has 15 heteroatoms. The second kappa shape index (κ2) is 9.69. The highest BCUT2D eigenvalue weighted by Crippen LogP contribution is 2.63. The van der Waals surface area contributed by atoms with Crippen molar-refractivity contribution in [3.05, 3.63) is 0 Å². The molecule has 1 N–H and O–H groups in total. The van der Waals surface area contributed by atoms with Crippen LogP contribution >= 0.6 is 0 Å². The van der Waals surface area contributed by atoms with Crippen molar-refractivity contribution in [3.63, 3.8) is 0 Å². The molecule has 2 heterocycles. The van der Waals surface area contributed by atoms with Crippen LogP contribution in [0.3, 0.4) is 0 Å². The number of carbonyl (C=O) groups excluding carboxylic acids is 2. The zero-order valence-electron chi connectivity index (χ0n) is 22.9. The van der Waals surface area contributed by atoms with Gasteiger partial charge >= 0.3 is 27.5 Å². The molecule has 4 bridgehead atoms. The van der Waals surface area contributed by atoms with Gasteiger partial charge < -0.3 is 33.2 Å². The predicted molar refractivity (Wildman–Crippen MR) is 128 cm³/mol. The fourth-order valence-corrected chi connectivity index (χ4v) is 7.79. The van der Waals surface area contributed by atoms with Gasteiger partial charge in [0.25, 0.3) is 0 Å². The lowest BCUT2D eigenvalue weighted by molar-refractivity contribution is -0.209. The van der Waals surface area contributed by atoms with Crippen LogP contribution in [0.1, 0.15) is 66.2 Å². The lowest BCUT2D eigenvalue weighted by Crippen LogP contribution is -2.59. The summed E-state index contributed by atoms with van der Waals surface area (Å²) in [5.74, 6) is -3.94. The Labute approximate surface area is 231 Å². The van der Waals surface area contributed by atoms with Gasteiger partial charge in [0.1, 0.15) is 17.8 Å². The van der Waals surface area contributed by atoms with E-state index in [1.54, 1.807) is 27.7 Å². The SMILES string of the molecule is CC1(C)OCC(C(OC(=O)OC23CC4CC(CC(COC(=O)C(F)(F)S(=O)(=O)O)(C4)C2)C3)C2COC(C)(C)O2)O1. The molecule has 4 atom stereocenters. The molecule has 0 aromatic rings. The van der Waals surface area contributed by atoms with E-state index in [0.717, 1.165) is 6.42 Å². The summed E-state index contributed by atoms with van der Waals surface area (Å²) < 4.78 is 97.9. The van der Waals surface area contributed by atoms with Crippen molar-refractivity contribution in [1.82, 2.24) is 0 Å². The molecule has 2 saturated heterocycles. The molecule has 0 radical (unpaired) electrons. The van der Waals surface area contributed by atoms with E-state index in [9.17, 15) is 26.8 Å². The molecule has 0 spiro atoms. The monoisotopic (exact) mass is 598 g/mol. The van der Waals surface area contributed by atoms with Crippen molar-refractivity contribution in [2.75, 3.05) is 19.8 Å². The number of rotatable bonds is 8. The Morgan fingerprint density at radius 3 is 1.95 bits per heavy atom. The van der Waals surface area contributed by atoms with Gasteiger partial charge in [-0.15, -0.1) is 0 Å². The molecule has 0 aromatic carbocycles. The summed E-state index contributed by atoms with van der Waals surface area (Å²) in [4.78, 5) is 25.1. The summed E-state index contributed by atoms with van der Waals surface area (Å²) in [6.45, 7) is 6.79. The molecule has 4 saturated carbocycles. The van der Waals surface area contributed by atoms with Gasteiger partial charge in [-0.05, 0) is 78.1 Å². The molecule has 2 aliphatic heterocycles. The van der Waals surface area contributed by atoms with Gasteiger partial charge in [0.15, 0.2) is 17.7 Å². The summed E-state index contributed by atoms with van der Waals surface area (Å²) in [5.41, 5.74) is -1.75. The van der Waals surface area contributed by atoms with Crippen LogP contribution in [-0.4, -0.2) is 85.7 Å². The fourth-order valence-electron chi connectivity index (χ4n) is 7.52. The van der Waals surface area contributed by atoms with Gasteiger partial charge in [0, 0.05) is 5.41 Å². The first-order valence-electron chi connectivity index (χ1n) is 13.4. The lowest BCUT2D eigenvalue weighted by atomic mass is 9.48. The molecular formula is C25H36F2O12S. The van der Waals surface area contributed by atoms with Crippen LogP contribution in [0.15, 0.2) is 0 Å². The van der Waals surface area contributed by atoms with E-state index < -0.39 is 75.0 Å². The Kier molecular flexibility index (Phi) is 7.23. The summed E-state index contributed by atoms with van der Waals surface area (Å²) in [6.07, 6.45) is 0.102. The number of hydrogen-bond donors (Lipinski definition) is 1. The maximum atomic E-state index is 13.8. The van der Waals surface area contributed by atoms with E-state index >= 15 is 0 Å². The highest BCUT2D eigenvalue weighted by atomic mass is 32.2. The molecule has 228 valence electrons. The molecule has 0 amide bonds. The first-order valence-corrected chi connectivity index (χ1v) is 14.8. The lowest BCUT2D eigenvalue weighted by Gasteiger charge is -2.60. The van der Waals surface area contributed by atoms with Crippen LogP contribution < -0.4 is 0 Å². The Bertz CT molecular complexity index is 1100. The first kappa shape index (κ1) is 29.8. The summed E-state index contributed by atoms with van der Waals surface area (Å²) >= 11 is 0. The summed E-state index contributed by atoms with van der Waals surface area (Å²) in [6, 6.07) is 0. The molecule has 0 aromatic heterocycles. The van der Waals surface area contributed by atoms with Gasteiger partial charge in [0.2, 0.25) is 0 Å². The van der Waals surface area contributed by atoms with Crippen molar-refractivity contribution >= 4 is 22.2 Å². The quantitative estimate of drug-likeness (QED) is 0.322. The Morgan fingerprint density at radius 1 is 0.975 bits per heavy atom. The van der Waals surface area contributed by atoms with Gasteiger partial charge in [-0.1, -0.05) is 0 Å². The molecule has 6 rings (SSSR count). The van der Waals surface area contributed by atoms with Crippen molar-refractivity contribution in [3.8, 4) is 0 Å². The maximum absolute atomic E-state index is 13.8. The van der Waals surface area contributed by atoms with E-state index in [-0.39, 0.29) is 31.5 Å². The smallest absolute Gasteiger partial charge is 0.460 e. The van der Waals surface area contributed by atoms with E-state index in [1.807, 2.05) is 0 Å². The highest BCUT2D eigenvalue weighted by Gasteiger charge is 2.62. The average molecular weight is 599 g/mol. The van der Waals surface area contributed by atoms with E-state index in [2.05, 4.69) is 0 Å². The third kappa shape index (κ3) is 5.82. The van der Waals surface area contributed by atoms with Crippen LogP contribution in [0.4, 0.5) is 13.6 Å². The van der Waals surface area contributed by atoms with Crippen LogP contribution in [-0.2, 0) is 48.1 Å². The minimum atomic E-state index is -5.98. The van der Waals surface area contributed by atoms with Gasteiger partial charge in [0.05, 0.1) is 19.8 Å². The normalized spacial score (nSPS) is 38.7. The summed E-state index contributed by atoms with van der Waals surface area (Å²) in [5, 5.41) is -5.08. The molecule has 12 nitrogen and oxygen atoms in total. The van der Waals surface area contributed by atoms with E-state index in [1.165, 1.54) is 0 Å². The third-order valence-corrected chi connectivity index (χ3v) is 9.34. The van der Waals surface area contributed by atoms with Crippen LogP contribution in [0.2, 0.25) is 0 Å². The van der Waals surface area contributed by atoms with Gasteiger partial charge in [-0.2, -0.15) is 17.2 Å². The maximum Gasteiger partial charge on any atom is 0.509 e. The van der Waals surface area contributed by atoms with Gasteiger partial charge in [-0.25, -0.2) is 9.59 Å². The van der Waals surface area contributed by atoms with Crippen molar-refractivity contribution in [1.29, 1.82) is 0 Å². The summed E-state index contributed by atoms with van der Waals surface area (Å²) in [7, 11) is -5.98. The number of carbonyl (C=O) groups is 2. The third-order valence-electron chi connectivity index (χ3n) is 8.53. The predicted octanol–water partition coefficient (Wildman–Crippen LogP) is 3.17. The van der Waals surface area contributed by atoms with Crippen molar-refractivity contribution in [2.45, 2.75) is 107 Å². The topological polar surface area (TPSA) is 153 Å². The molecule has 40 heavy (non-hydrogen) atoms. The molecule has 6 fully saturated rings. The second-order valence-electron chi connectivity index (χ2n) is 12.9. The zero-order valence-corrected chi connectivity index (χ0v) is 23.7. The second-order valence-corrected chi connectivity index (χ2v) is 14.3. The standard InChI is InChI=1S/C25H36F2O12S/c1-21(2)34-10-16(37-21)18(17-11-35-22(3,4)38-17)36-20(29)39-24-8-14-5-15(9-24)7-23(6-14,12-24)13-33-19(28)25(26,27)40(30,31)32/h14-18H,5-13H2,1-4H3,(H,30,31,32). The Morgan fingerprint density at radius 2 is 1.50 bits per heavy atom. The van der Waals surface area contributed by atoms with Crippen LogP contribution in [0.5, 0.6) is 0 Å². The van der Waals surface area contributed by atoms with Crippen LogP contribution in [0.25, 0.3) is 0 Å². The number of halogens is 2. The molecule has 6 aliphatic rings. The van der Waals surface area contributed by atoms with Crippen molar-refractivity contribution < 1.29 is 64.5 Å². The van der Waals surface area contributed by atoms with E-state index in [0.29, 0.717) is 25.7 Å². The first-order chi connectivity index (χ1) is 18.3. The number of esters is 1. The highest BCUT2D eigenvalue weighted by molar-refractivity contribution is 7.87. The van der Waals surface area contributed by atoms with Gasteiger partial charge in [-0.3, -0.25) is 4.55 Å². The zero-order chi connectivity index (χ0) is 29.4. The number of ether oxygens (including phenoxy) is 7. The van der Waals surface area contributed by atoms with Crippen molar-refractivity contribution in [2.24, 2.45) is 17.3 Å². The van der Waals surface area contributed by atoms with Crippen LogP contribution in [0, 0.1) is 17.3 Å². The minimum absolute atomic E-state index is 0.0883. The van der Waals surface area contributed by atoms with E-state index in [4.69, 9.17) is 37.7 Å².